The third-order valence-electron chi connectivity index (χ3n) is 0. The predicted octanol–water partition coefficient (Wildman–Crippen LogP) is -0.126. The van der Waals surface area contributed by atoms with Crippen LogP contribution in [0.5, 0.6) is 0 Å². The summed E-state index contributed by atoms with van der Waals surface area (Å²) in [5.74, 6) is 0. The maximum atomic E-state index is 8.38. The molecule has 0 aliphatic carbocycles. The first-order valence-electron chi connectivity index (χ1n) is 0.289. The van der Waals surface area contributed by atoms with Gasteiger partial charge in [0.15, 0.2) is 0 Å². The molecule has 0 atom stereocenters. The molecule has 0 aliphatic heterocycles. The number of rotatable bonds is 0. The summed E-state index contributed by atoms with van der Waals surface area (Å²) in [5, 5.41) is 0. The largest absolute Gasteiger partial charge is 0 e. The van der Waals surface area contributed by atoms with Gasteiger partial charge in [0.1, 0.15) is 0 Å². The van der Waals surface area contributed by atoms with Gasteiger partial charge in [-0.2, -0.15) is 0 Å². The molecular weight excluding hydrogens is 205 g/mol. The Morgan fingerprint density at radius 1 is 1.25 bits per heavy atom. The van der Waals surface area contributed by atoms with Crippen LogP contribution < -0.4 is 0 Å². The van der Waals surface area contributed by atoms with E-state index in [2.05, 4.69) is 0 Å². The van der Waals surface area contributed by atoms with E-state index in [1.807, 2.05) is 0 Å². The van der Waals surface area contributed by atoms with Gasteiger partial charge >= 0.3 is 21.8 Å². The molecule has 0 radical (unpaired) electrons. The fourth-order valence-corrected chi connectivity index (χ4v) is 0. The summed E-state index contributed by atoms with van der Waals surface area (Å²) in [5.41, 5.74) is 0. The molecule has 0 fully saturated rings. The second kappa shape index (κ2) is 24.0. The first-order valence-corrected chi connectivity index (χ1v) is 1.50. The molecule has 0 heterocycles. The van der Waals surface area contributed by atoms with Crippen molar-refractivity contribution in [3.05, 3.63) is 0 Å². The summed E-state index contributed by atoms with van der Waals surface area (Å²) < 4.78 is 8.38. The molecule has 1 nitrogen and oxygen atoms in total. The van der Waals surface area contributed by atoms with Crippen LogP contribution in [-0.4, -0.2) is 0 Å². The summed E-state index contributed by atoms with van der Waals surface area (Å²) in [6.07, 6.45) is 0. The molecule has 0 saturated carbocycles. The average molecular weight is 205 g/mol. The zero-order chi connectivity index (χ0) is 2.00. The van der Waals surface area contributed by atoms with Crippen molar-refractivity contribution in [3.63, 3.8) is 0 Å². The van der Waals surface area contributed by atoms with Crippen molar-refractivity contribution in [2.75, 3.05) is 0 Å². The molecule has 4 heteroatoms. The van der Waals surface area contributed by atoms with E-state index < -0.39 is 0 Å². The van der Waals surface area contributed by atoms with E-state index in [-0.39, 0.29) is 54.2 Å². The molecule has 0 rings (SSSR count). The minimum Gasteiger partial charge on any atom is 0 e. The standard InChI is InChI=1S/Ni.O.2Zn. The summed E-state index contributed by atoms with van der Waals surface area (Å²) in [6, 6.07) is 0. The van der Waals surface area contributed by atoms with E-state index in [0.29, 0.717) is 0 Å². The second-order valence-electron chi connectivity index (χ2n) is 0. The molecule has 0 aromatic rings. The van der Waals surface area contributed by atoms with E-state index in [9.17, 15) is 0 Å². The summed E-state index contributed by atoms with van der Waals surface area (Å²) in [7, 11) is 0. The maximum absolute atomic E-state index is 8.38. The van der Waals surface area contributed by atoms with Crippen LogP contribution in [-0.2, 0) is 57.8 Å². The van der Waals surface area contributed by atoms with Gasteiger partial charge in [-0.05, 0) is 0 Å². The van der Waals surface area contributed by atoms with Crippen molar-refractivity contribution in [2.45, 2.75) is 0 Å². The minimum atomic E-state index is 0. The molecule has 0 aliphatic rings. The van der Waals surface area contributed by atoms with Gasteiger partial charge in [0.05, 0.1) is 0 Å². The van der Waals surface area contributed by atoms with Gasteiger partial charge in [-0.3, -0.25) is 0 Å². The van der Waals surface area contributed by atoms with Gasteiger partial charge in [-0.1, -0.05) is 0 Å². The fourth-order valence-electron chi connectivity index (χ4n) is 0. The third-order valence-corrected chi connectivity index (χ3v) is 0. The number of hydrogen-bond donors (Lipinski definition) is 0. The van der Waals surface area contributed by atoms with E-state index in [4.69, 9.17) is 3.57 Å². The van der Waals surface area contributed by atoms with Crippen LogP contribution in [0.15, 0.2) is 0 Å². The maximum Gasteiger partial charge on any atom is 0 e. The Labute approximate surface area is 57.5 Å². The van der Waals surface area contributed by atoms with Crippen molar-refractivity contribution in [2.24, 2.45) is 0 Å². The molecular formula is NiOZn2. The van der Waals surface area contributed by atoms with Gasteiger partial charge in [-0.15, -0.1) is 0 Å². The number of hydrogen-bond acceptors (Lipinski definition) is 1. The fraction of sp³-hybridized carbons (Fsp3) is 0. The van der Waals surface area contributed by atoms with Crippen LogP contribution in [0, 0.1) is 0 Å². The van der Waals surface area contributed by atoms with E-state index in [1.54, 1.807) is 0 Å². The van der Waals surface area contributed by atoms with Gasteiger partial charge in [0.25, 0.3) is 0 Å². The normalized spacial score (nSPS) is 1.50. The van der Waals surface area contributed by atoms with Crippen molar-refractivity contribution in [1.82, 2.24) is 0 Å². The molecule has 0 bridgehead atoms. The monoisotopic (exact) mass is 202 g/mol. The molecule has 0 N–H and O–H groups in total. The Bertz CT molecular complexity index is 6.00. The Morgan fingerprint density at radius 2 is 1.25 bits per heavy atom. The Hall–Kier alpha value is 1.54. The molecule has 0 spiro atoms. The van der Waals surface area contributed by atoms with Crippen LogP contribution >= 0.6 is 0 Å². The van der Waals surface area contributed by atoms with Crippen molar-refractivity contribution >= 4 is 0 Å². The molecule has 0 aromatic heterocycles. The topological polar surface area (TPSA) is 17.1 Å². The third kappa shape index (κ3) is 9.63. The first kappa shape index (κ1) is 17.7. The molecule has 4 heavy (non-hydrogen) atoms. The molecule has 20 valence electrons. The SMILES string of the molecule is [Ni].[O]=[Zn].[Zn]. The smallest absolute Gasteiger partial charge is 0 e. The van der Waals surface area contributed by atoms with Crippen molar-refractivity contribution in [1.29, 1.82) is 0 Å². The quantitative estimate of drug-likeness (QED) is 0.504. The van der Waals surface area contributed by atoms with Crippen molar-refractivity contribution < 1.29 is 57.8 Å². The van der Waals surface area contributed by atoms with Gasteiger partial charge < -0.3 is 0 Å². The van der Waals surface area contributed by atoms with Crippen LogP contribution in [0.2, 0.25) is 0 Å². The van der Waals surface area contributed by atoms with Crippen LogP contribution in [0.3, 0.4) is 0 Å². The Morgan fingerprint density at radius 3 is 1.25 bits per heavy atom. The van der Waals surface area contributed by atoms with E-state index in [1.165, 1.54) is 0 Å². The predicted molar refractivity (Wildman–Crippen MR) is 0.686 cm³/mol. The molecule has 0 aromatic carbocycles. The van der Waals surface area contributed by atoms with E-state index >= 15 is 0 Å². The van der Waals surface area contributed by atoms with Crippen molar-refractivity contribution in [3.8, 4) is 0 Å². The van der Waals surface area contributed by atoms with Crippen LogP contribution in [0.25, 0.3) is 0 Å². The van der Waals surface area contributed by atoms with Gasteiger partial charge in [-0.25, -0.2) is 0 Å². The zero-order valence-electron chi connectivity index (χ0n) is 2.14. The second-order valence-corrected chi connectivity index (χ2v) is 0. The van der Waals surface area contributed by atoms with Gasteiger partial charge in [0, 0.05) is 36.0 Å². The Kier molecular flexibility index (Phi) is 106. The molecule has 0 amide bonds. The molecule has 0 saturated heterocycles. The Balaban J connectivity index is -0.00000000500. The average Bonchev–Trinajstić information content (AvgIpc) is 1.00. The summed E-state index contributed by atoms with van der Waals surface area (Å²) in [4.78, 5) is 0. The zero-order valence-corrected chi connectivity index (χ0v) is 9.06. The van der Waals surface area contributed by atoms with Crippen LogP contribution in [0.1, 0.15) is 0 Å². The summed E-state index contributed by atoms with van der Waals surface area (Å²) in [6.45, 7) is 0. The summed E-state index contributed by atoms with van der Waals surface area (Å²) >= 11 is 0.125. The minimum absolute atomic E-state index is 0. The first-order chi connectivity index (χ1) is 1.00. The van der Waals surface area contributed by atoms with E-state index in [0.717, 1.165) is 0 Å². The van der Waals surface area contributed by atoms with Crippen LogP contribution in [0.4, 0.5) is 0 Å². The molecule has 0 unspecified atom stereocenters. The van der Waals surface area contributed by atoms with Gasteiger partial charge in [0.2, 0.25) is 0 Å².